The van der Waals surface area contributed by atoms with Crippen LogP contribution in [0.4, 0.5) is 0 Å². The Morgan fingerprint density at radius 1 is 1.08 bits per heavy atom. The highest BCUT2D eigenvalue weighted by atomic mass is 35.5. The van der Waals surface area contributed by atoms with Crippen LogP contribution in [0.2, 0.25) is 10.0 Å². The van der Waals surface area contributed by atoms with Crippen LogP contribution in [0.1, 0.15) is 22.8 Å². The van der Waals surface area contributed by atoms with Gasteiger partial charge in [0.1, 0.15) is 0 Å². The number of hydrogen-bond donors (Lipinski definition) is 0. The van der Waals surface area contributed by atoms with E-state index in [0.717, 1.165) is 11.1 Å². The van der Waals surface area contributed by atoms with Crippen LogP contribution in [0, 0.1) is 6.92 Å². The molecule has 2 heterocycles. The molecule has 5 nitrogen and oxygen atoms in total. The van der Waals surface area contributed by atoms with Crippen molar-refractivity contribution in [3.8, 4) is 23.0 Å². The lowest BCUT2D eigenvalue weighted by molar-refractivity contribution is 0.101. The minimum atomic E-state index is 0.0129. The molecule has 0 N–H and O–H groups in total. The predicted molar refractivity (Wildman–Crippen MR) is 99.7 cm³/mol. The van der Waals surface area contributed by atoms with Crippen LogP contribution in [0.5, 0.6) is 0 Å². The molecule has 2 aromatic carbocycles. The number of furan rings is 1. The number of ketones is 1. The highest BCUT2D eigenvalue weighted by Crippen LogP contribution is 2.36. The van der Waals surface area contributed by atoms with E-state index in [9.17, 15) is 4.79 Å². The average Bonchev–Trinajstić information content (AvgIpc) is 3.25. The number of carbonyl (C=O) groups is 1. The SMILES string of the molecule is CC(=O)c1ccc(-c2noc(-c3cc4c(Cl)ccc(Cl)c4o3)n2)cc1C. The molecule has 0 aliphatic heterocycles. The van der Waals surface area contributed by atoms with Crippen LogP contribution in [-0.4, -0.2) is 15.9 Å². The number of aryl methyl sites for hydroxylation is 1. The molecule has 0 amide bonds. The zero-order chi connectivity index (χ0) is 18.4. The van der Waals surface area contributed by atoms with E-state index >= 15 is 0 Å². The minimum absolute atomic E-state index is 0.0129. The summed E-state index contributed by atoms with van der Waals surface area (Å²) in [6.07, 6.45) is 0. The number of benzene rings is 2. The number of Topliss-reactive ketones (excluding diaryl/α,β-unsaturated/α-hetero) is 1. The number of hydrogen-bond acceptors (Lipinski definition) is 5. The third-order valence-corrected chi connectivity index (χ3v) is 4.71. The van der Waals surface area contributed by atoms with Crippen molar-refractivity contribution in [1.29, 1.82) is 0 Å². The lowest BCUT2D eigenvalue weighted by Gasteiger charge is -2.02. The Morgan fingerprint density at radius 2 is 1.85 bits per heavy atom. The van der Waals surface area contributed by atoms with Gasteiger partial charge in [0, 0.05) is 16.5 Å². The molecule has 0 bridgehead atoms. The zero-order valence-electron chi connectivity index (χ0n) is 13.8. The topological polar surface area (TPSA) is 69.1 Å². The first-order chi connectivity index (χ1) is 12.4. The van der Waals surface area contributed by atoms with Gasteiger partial charge in [0.25, 0.3) is 5.89 Å². The Kier molecular flexibility index (Phi) is 4.05. The largest absolute Gasteiger partial charge is 0.449 e. The first-order valence-corrected chi connectivity index (χ1v) is 8.53. The summed E-state index contributed by atoms with van der Waals surface area (Å²) in [4.78, 5) is 15.9. The van der Waals surface area contributed by atoms with Gasteiger partial charge in [-0.2, -0.15) is 4.98 Å². The Bertz CT molecular complexity index is 1120. The smallest absolute Gasteiger partial charge is 0.293 e. The summed E-state index contributed by atoms with van der Waals surface area (Å²) in [7, 11) is 0. The predicted octanol–water partition coefficient (Wildman–Crippen LogP) is 5.97. The van der Waals surface area contributed by atoms with Gasteiger partial charge in [-0.3, -0.25) is 4.79 Å². The number of fused-ring (bicyclic) bond motifs is 1. The van der Waals surface area contributed by atoms with Crippen LogP contribution < -0.4 is 0 Å². The lowest BCUT2D eigenvalue weighted by Crippen LogP contribution is -1.96. The Morgan fingerprint density at radius 3 is 2.54 bits per heavy atom. The highest BCUT2D eigenvalue weighted by molar-refractivity contribution is 6.39. The molecule has 0 aliphatic carbocycles. The molecule has 7 heteroatoms. The monoisotopic (exact) mass is 386 g/mol. The second kappa shape index (κ2) is 6.27. The van der Waals surface area contributed by atoms with Crippen molar-refractivity contribution in [2.24, 2.45) is 0 Å². The van der Waals surface area contributed by atoms with Crippen LogP contribution in [-0.2, 0) is 0 Å². The van der Waals surface area contributed by atoms with Gasteiger partial charge in [0.05, 0.1) is 10.0 Å². The fourth-order valence-corrected chi connectivity index (χ4v) is 3.21. The second-order valence-corrected chi connectivity index (χ2v) is 6.71. The molecular weight excluding hydrogens is 375 g/mol. The van der Waals surface area contributed by atoms with Crippen molar-refractivity contribution in [1.82, 2.24) is 10.1 Å². The molecule has 130 valence electrons. The van der Waals surface area contributed by atoms with Gasteiger partial charge in [-0.1, -0.05) is 40.5 Å². The normalized spacial score (nSPS) is 11.2. The fourth-order valence-electron chi connectivity index (χ4n) is 2.80. The Balaban J connectivity index is 1.75. The Hall–Kier alpha value is -2.63. The van der Waals surface area contributed by atoms with Crippen molar-refractivity contribution in [3.63, 3.8) is 0 Å². The molecule has 2 aromatic heterocycles. The molecule has 26 heavy (non-hydrogen) atoms. The zero-order valence-corrected chi connectivity index (χ0v) is 15.4. The van der Waals surface area contributed by atoms with Crippen LogP contribution >= 0.6 is 23.2 Å². The molecule has 0 saturated carbocycles. The molecule has 0 fully saturated rings. The van der Waals surface area contributed by atoms with Crippen molar-refractivity contribution in [2.45, 2.75) is 13.8 Å². The first-order valence-electron chi connectivity index (χ1n) is 7.77. The third-order valence-electron chi connectivity index (χ3n) is 4.08. The van der Waals surface area contributed by atoms with Crippen molar-refractivity contribution in [2.75, 3.05) is 0 Å². The first kappa shape index (κ1) is 16.8. The van der Waals surface area contributed by atoms with E-state index in [-0.39, 0.29) is 11.7 Å². The van der Waals surface area contributed by atoms with Crippen molar-refractivity contribution in [3.05, 3.63) is 57.6 Å². The maximum absolute atomic E-state index is 11.6. The lowest BCUT2D eigenvalue weighted by atomic mass is 10.0. The number of aromatic nitrogens is 2. The molecular formula is C19H12Cl2N2O3. The van der Waals surface area contributed by atoms with E-state index in [1.807, 2.05) is 13.0 Å². The van der Waals surface area contributed by atoms with Gasteiger partial charge >= 0.3 is 0 Å². The summed E-state index contributed by atoms with van der Waals surface area (Å²) in [5, 5.41) is 5.65. The van der Waals surface area contributed by atoms with Gasteiger partial charge < -0.3 is 8.94 Å². The van der Waals surface area contributed by atoms with E-state index in [0.29, 0.717) is 38.2 Å². The Labute approximate surface area is 158 Å². The maximum atomic E-state index is 11.6. The molecule has 0 atom stereocenters. The minimum Gasteiger partial charge on any atom is -0.449 e. The second-order valence-electron chi connectivity index (χ2n) is 5.89. The maximum Gasteiger partial charge on any atom is 0.293 e. The van der Waals surface area contributed by atoms with E-state index in [4.69, 9.17) is 32.1 Å². The molecule has 4 rings (SSSR count). The van der Waals surface area contributed by atoms with Gasteiger partial charge in [-0.15, -0.1) is 0 Å². The van der Waals surface area contributed by atoms with E-state index in [2.05, 4.69) is 10.1 Å². The molecule has 0 aliphatic rings. The summed E-state index contributed by atoms with van der Waals surface area (Å²) >= 11 is 12.3. The van der Waals surface area contributed by atoms with E-state index in [1.54, 1.807) is 30.3 Å². The van der Waals surface area contributed by atoms with Crippen LogP contribution in [0.15, 0.2) is 45.3 Å². The van der Waals surface area contributed by atoms with Crippen LogP contribution in [0.25, 0.3) is 34.0 Å². The number of rotatable bonds is 3. The van der Waals surface area contributed by atoms with Crippen molar-refractivity contribution < 1.29 is 13.7 Å². The molecule has 4 aromatic rings. The summed E-state index contributed by atoms with van der Waals surface area (Å²) in [6, 6.07) is 10.5. The molecule has 0 unspecified atom stereocenters. The molecule has 0 spiro atoms. The number of carbonyl (C=O) groups excluding carboxylic acids is 1. The standard InChI is InChI=1S/C19H12Cl2N2O3/c1-9-7-11(3-4-12(9)10(2)24)18-22-19(26-23-18)16-8-13-14(20)5-6-15(21)17(13)25-16/h3-8H,1-2H3. The van der Waals surface area contributed by atoms with Gasteiger partial charge in [-0.05, 0) is 43.7 Å². The molecule has 0 saturated heterocycles. The third kappa shape index (κ3) is 2.79. The summed E-state index contributed by atoms with van der Waals surface area (Å²) < 4.78 is 11.1. The number of halogens is 2. The summed E-state index contributed by atoms with van der Waals surface area (Å²) in [6.45, 7) is 3.40. The number of nitrogens with zero attached hydrogens (tertiary/aromatic N) is 2. The fraction of sp³-hybridized carbons (Fsp3) is 0.105. The highest BCUT2D eigenvalue weighted by Gasteiger charge is 2.18. The summed E-state index contributed by atoms with van der Waals surface area (Å²) in [5.74, 6) is 1.01. The van der Waals surface area contributed by atoms with Gasteiger partial charge in [0.15, 0.2) is 17.1 Å². The average molecular weight is 387 g/mol. The molecule has 0 radical (unpaired) electrons. The quantitative estimate of drug-likeness (QED) is 0.405. The summed E-state index contributed by atoms with van der Waals surface area (Å²) in [5.41, 5.74) is 2.73. The van der Waals surface area contributed by atoms with Crippen molar-refractivity contribution >= 4 is 40.0 Å². The van der Waals surface area contributed by atoms with Gasteiger partial charge in [-0.25, -0.2) is 0 Å². The van der Waals surface area contributed by atoms with E-state index < -0.39 is 0 Å². The van der Waals surface area contributed by atoms with E-state index in [1.165, 1.54) is 6.92 Å². The van der Waals surface area contributed by atoms with Crippen LogP contribution in [0.3, 0.4) is 0 Å². The van der Waals surface area contributed by atoms with Gasteiger partial charge in [0.2, 0.25) is 5.82 Å².